The number of thiazole rings is 1. The molecule has 6 heteroatoms. The number of aromatic nitrogens is 1. The smallest absolute Gasteiger partial charge is 0.321 e. The Labute approximate surface area is 145 Å². The van der Waals surface area contributed by atoms with E-state index in [1.165, 1.54) is 22.5 Å². The molecule has 1 aromatic carbocycles. The van der Waals surface area contributed by atoms with Gasteiger partial charge in [-0.25, -0.2) is 9.78 Å². The van der Waals surface area contributed by atoms with Gasteiger partial charge in [0.2, 0.25) is 0 Å². The zero-order valence-electron chi connectivity index (χ0n) is 13.8. The van der Waals surface area contributed by atoms with E-state index in [1.54, 1.807) is 0 Å². The van der Waals surface area contributed by atoms with Gasteiger partial charge in [-0.05, 0) is 44.2 Å². The van der Waals surface area contributed by atoms with E-state index in [9.17, 15) is 4.79 Å². The number of aryl methyl sites for hydroxylation is 2. The highest BCUT2D eigenvalue weighted by Gasteiger charge is 2.41. The minimum atomic E-state index is -0.197. The van der Waals surface area contributed by atoms with Crippen LogP contribution in [-0.2, 0) is 4.74 Å². The molecule has 2 aliphatic rings. The number of fused-ring (bicyclic) bond motifs is 2. The SMILES string of the molecule is Cc1ccc(-c2cnc(NC(=O)NC3CC4CCC3O4)s2)c(C)c1. The van der Waals surface area contributed by atoms with E-state index >= 15 is 0 Å². The van der Waals surface area contributed by atoms with Crippen molar-refractivity contribution in [2.45, 2.75) is 51.4 Å². The Bertz CT molecular complexity index is 773. The molecule has 2 N–H and O–H groups in total. The largest absolute Gasteiger partial charge is 0.373 e. The van der Waals surface area contributed by atoms with Crippen LogP contribution in [0.25, 0.3) is 10.4 Å². The Morgan fingerprint density at radius 1 is 1.33 bits per heavy atom. The zero-order chi connectivity index (χ0) is 16.7. The van der Waals surface area contributed by atoms with Crippen molar-refractivity contribution in [3.63, 3.8) is 0 Å². The summed E-state index contributed by atoms with van der Waals surface area (Å²) >= 11 is 1.49. The Morgan fingerprint density at radius 3 is 2.92 bits per heavy atom. The second-order valence-electron chi connectivity index (χ2n) is 6.66. The minimum Gasteiger partial charge on any atom is -0.373 e. The first-order valence-corrected chi connectivity index (χ1v) is 9.16. The summed E-state index contributed by atoms with van der Waals surface area (Å²) in [5.74, 6) is 0. The highest BCUT2D eigenvalue weighted by Crippen LogP contribution is 2.35. The molecule has 3 atom stereocenters. The highest BCUT2D eigenvalue weighted by atomic mass is 32.1. The van der Waals surface area contributed by atoms with Crippen molar-refractivity contribution < 1.29 is 9.53 Å². The summed E-state index contributed by atoms with van der Waals surface area (Å²) in [5.41, 5.74) is 3.62. The van der Waals surface area contributed by atoms with E-state index in [2.05, 4.69) is 47.7 Å². The molecule has 3 heterocycles. The molecule has 3 unspecified atom stereocenters. The van der Waals surface area contributed by atoms with Crippen molar-refractivity contribution in [3.8, 4) is 10.4 Å². The van der Waals surface area contributed by atoms with Crippen molar-refractivity contribution >= 4 is 22.5 Å². The predicted molar refractivity (Wildman–Crippen MR) is 95.5 cm³/mol. The third-order valence-corrected chi connectivity index (χ3v) is 5.74. The van der Waals surface area contributed by atoms with Crippen molar-refractivity contribution in [3.05, 3.63) is 35.5 Å². The van der Waals surface area contributed by atoms with E-state index in [-0.39, 0.29) is 18.2 Å². The number of carbonyl (C=O) groups excluding carboxylic acids is 1. The number of rotatable bonds is 3. The van der Waals surface area contributed by atoms with Crippen molar-refractivity contribution in [1.82, 2.24) is 10.3 Å². The van der Waals surface area contributed by atoms with Gasteiger partial charge in [-0.15, -0.1) is 0 Å². The fraction of sp³-hybridized carbons (Fsp3) is 0.444. The van der Waals surface area contributed by atoms with E-state index in [0.29, 0.717) is 11.2 Å². The number of ether oxygens (including phenoxy) is 1. The van der Waals surface area contributed by atoms with Gasteiger partial charge < -0.3 is 10.1 Å². The number of benzene rings is 1. The number of hydrogen-bond acceptors (Lipinski definition) is 4. The standard InChI is InChI=1S/C18H21N3O2S/c1-10-3-5-13(11(2)7-10)16-9-19-18(24-16)21-17(22)20-14-8-12-4-6-15(14)23-12/h3,5,7,9,12,14-15H,4,6,8H2,1-2H3,(H2,19,20,21,22). The van der Waals surface area contributed by atoms with Crippen LogP contribution >= 0.6 is 11.3 Å². The van der Waals surface area contributed by atoms with E-state index in [0.717, 1.165) is 29.7 Å². The maximum atomic E-state index is 12.2. The monoisotopic (exact) mass is 343 g/mol. The average Bonchev–Trinajstić information content (AvgIpc) is 3.24. The molecule has 5 nitrogen and oxygen atoms in total. The van der Waals surface area contributed by atoms with Crippen LogP contribution in [0.15, 0.2) is 24.4 Å². The Morgan fingerprint density at radius 2 is 2.21 bits per heavy atom. The van der Waals surface area contributed by atoms with Gasteiger partial charge >= 0.3 is 6.03 Å². The summed E-state index contributed by atoms with van der Waals surface area (Å²) in [7, 11) is 0. The van der Waals surface area contributed by atoms with Gasteiger partial charge in [0.1, 0.15) is 0 Å². The fourth-order valence-corrected chi connectivity index (χ4v) is 4.54. The molecule has 126 valence electrons. The van der Waals surface area contributed by atoms with E-state index in [4.69, 9.17) is 4.74 Å². The Balaban J connectivity index is 1.40. The van der Waals surface area contributed by atoms with Crippen LogP contribution < -0.4 is 10.6 Å². The first-order valence-electron chi connectivity index (χ1n) is 8.35. The van der Waals surface area contributed by atoms with Crippen molar-refractivity contribution in [2.24, 2.45) is 0 Å². The third kappa shape index (κ3) is 3.03. The van der Waals surface area contributed by atoms with Crippen LogP contribution in [-0.4, -0.2) is 29.3 Å². The number of nitrogens with zero attached hydrogens (tertiary/aromatic N) is 1. The summed E-state index contributed by atoms with van der Waals surface area (Å²) < 4.78 is 5.77. The molecule has 24 heavy (non-hydrogen) atoms. The molecule has 0 saturated carbocycles. The molecule has 2 bridgehead atoms. The molecule has 2 saturated heterocycles. The highest BCUT2D eigenvalue weighted by molar-refractivity contribution is 7.19. The summed E-state index contributed by atoms with van der Waals surface area (Å²) in [4.78, 5) is 17.6. The molecule has 2 fully saturated rings. The normalized spacial score (nSPS) is 25.0. The molecule has 0 spiro atoms. The van der Waals surface area contributed by atoms with Gasteiger partial charge in [-0.2, -0.15) is 0 Å². The Hall–Kier alpha value is -1.92. The van der Waals surface area contributed by atoms with Crippen LogP contribution in [0, 0.1) is 13.8 Å². The van der Waals surface area contributed by atoms with Crippen LogP contribution in [0.5, 0.6) is 0 Å². The van der Waals surface area contributed by atoms with Gasteiger partial charge in [0.25, 0.3) is 0 Å². The van der Waals surface area contributed by atoms with Crippen LogP contribution in [0.3, 0.4) is 0 Å². The first kappa shape index (κ1) is 15.6. The predicted octanol–water partition coefficient (Wildman–Crippen LogP) is 3.87. The Kier molecular flexibility index (Phi) is 4.02. The summed E-state index contributed by atoms with van der Waals surface area (Å²) in [6.07, 6.45) is 5.42. The summed E-state index contributed by atoms with van der Waals surface area (Å²) in [6, 6.07) is 6.29. The lowest BCUT2D eigenvalue weighted by Gasteiger charge is -2.19. The summed E-state index contributed by atoms with van der Waals surface area (Å²) in [6.45, 7) is 4.18. The molecule has 1 aromatic heterocycles. The number of urea groups is 1. The zero-order valence-corrected chi connectivity index (χ0v) is 14.7. The van der Waals surface area contributed by atoms with E-state index < -0.39 is 0 Å². The molecule has 2 amide bonds. The number of anilines is 1. The first-order chi connectivity index (χ1) is 11.6. The number of hydrogen-bond donors (Lipinski definition) is 2. The molecular weight excluding hydrogens is 322 g/mol. The van der Waals surface area contributed by atoms with Gasteiger partial charge in [-0.3, -0.25) is 5.32 Å². The lowest BCUT2D eigenvalue weighted by atomic mass is 9.96. The maximum Gasteiger partial charge on any atom is 0.321 e. The average molecular weight is 343 g/mol. The molecule has 4 rings (SSSR count). The van der Waals surface area contributed by atoms with Crippen LogP contribution in [0.4, 0.5) is 9.93 Å². The molecule has 2 aromatic rings. The van der Waals surface area contributed by atoms with Crippen molar-refractivity contribution in [1.29, 1.82) is 0 Å². The van der Waals surface area contributed by atoms with Crippen molar-refractivity contribution in [2.75, 3.05) is 5.32 Å². The van der Waals surface area contributed by atoms with Gasteiger partial charge in [0.05, 0.1) is 23.1 Å². The third-order valence-electron chi connectivity index (χ3n) is 4.80. The van der Waals surface area contributed by atoms with Crippen LogP contribution in [0.1, 0.15) is 30.4 Å². The lowest BCUT2D eigenvalue weighted by Crippen LogP contribution is -2.43. The lowest BCUT2D eigenvalue weighted by molar-refractivity contribution is 0.0984. The minimum absolute atomic E-state index is 0.127. The van der Waals surface area contributed by atoms with Gasteiger partial charge in [-0.1, -0.05) is 35.1 Å². The van der Waals surface area contributed by atoms with Crippen LogP contribution in [0.2, 0.25) is 0 Å². The topological polar surface area (TPSA) is 63.2 Å². The maximum absolute atomic E-state index is 12.2. The molecule has 2 aliphatic heterocycles. The number of amides is 2. The fourth-order valence-electron chi connectivity index (χ4n) is 3.64. The number of nitrogens with one attached hydrogen (secondary N) is 2. The molecule has 0 aliphatic carbocycles. The second kappa shape index (κ2) is 6.18. The summed E-state index contributed by atoms with van der Waals surface area (Å²) in [5, 5.41) is 6.49. The van der Waals surface area contributed by atoms with Gasteiger partial charge in [0.15, 0.2) is 5.13 Å². The quantitative estimate of drug-likeness (QED) is 0.889. The van der Waals surface area contributed by atoms with E-state index in [1.807, 2.05) is 6.20 Å². The second-order valence-corrected chi connectivity index (χ2v) is 7.69. The number of carbonyl (C=O) groups is 1. The molecule has 0 radical (unpaired) electrons. The molecular formula is C18H21N3O2S. The van der Waals surface area contributed by atoms with Gasteiger partial charge in [0, 0.05) is 6.20 Å².